The van der Waals surface area contributed by atoms with Crippen molar-refractivity contribution < 1.29 is 4.79 Å². The fourth-order valence-electron chi connectivity index (χ4n) is 3.21. The topological polar surface area (TPSA) is 49.0 Å². The zero-order valence-corrected chi connectivity index (χ0v) is 14.2. The molecule has 0 spiro atoms. The molecule has 1 amide bonds. The minimum atomic E-state index is -0.0515. The maximum atomic E-state index is 12.9. The molecule has 2 heterocycles. The Morgan fingerprint density at radius 1 is 1.08 bits per heavy atom. The summed E-state index contributed by atoms with van der Waals surface area (Å²) in [6.45, 7) is 2.01. The number of carbonyl (C=O) groups is 1. The van der Waals surface area contributed by atoms with E-state index in [1.807, 2.05) is 50.4 Å². The molecule has 0 saturated carbocycles. The predicted molar refractivity (Wildman–Crippen MR) is 101 cm³/mol. The normalized spacial score (nSPS) is 12.4. The van der Waals surface area contributed by atoms with Crippen LogP contribution in [0.25, 0.3) is 21.7 Å². The molecule has 0 bridgehead atoms. The smallest absolute Gasteiger partial charge is 0.270 e. The first-order chi connectivity index (χ1) is 12.1. The maximum Gasteiger partial charge on any atom is 0.270 e. The molecule has 1 N–H and O–H groups in total. The average Bonchev–Trinajstić information content (AvgIpc) is 3.11. The van der Waals surface area contributed by atoms with E-state index in [1.165, 1.54) is 5.39 Å². The Morgan fingerprint density at radius 3 is 2.72 bits per heavy atom. The van der Waals surface area contributed by atoms with E-state index in [9.17, 15) is 4.79 Å². The molecule has 2 aromatic heterocycles. The highest BCUT2D eigenvalue weighted by atomic mass is 16.2. The van der Waals surface area contributed by atoms with Gasteiger partial charge in [-0.2, -0.15) is 0 Å². The predicted octanol–water partition coefficient (Wildman–Crippen LogP) is 4.55. The van der Waals surface area contributed by atoms with Crippen molar-refractivity contribution >= 4 is 27.6 Å². The van der Waals surface area contributed by atoms with Crippen molar-refractivity contribution in [2.45, 2.75) is 13.0 Å². The molecule has 4 rings (SSSR count). The monoisotopic (exact) mass is 329 g/mol. The lowest BCUT2D eigenvalue weighted by atomic mass is 10.1. The van der Waals surface area contributed by atoms with Crippen LogP contribution in [0.4, 0.5) is 0 Å². The summed E-state index contributed by atoms with van der Waals surface area (Å²) in [4.78, 5) is 22.1. The van der Waals surface area contributed by atoms with Gasteiger partial charge >= 0.3 is 0 Å². The molecule has 4 aromatic rings. The highest BCUT2D eigenvalue weighted by Crippen LogP contribution is 2.27. The van der Waals surface area contributed by atoms with Crippen molar-refractivity contribution in [3.63, 3.8) is 0 Å². The number of carbonyl (C=O) groups excluding carboxylic acids is 1. The van der Waals surface area contributed by atoms with Gasteiger partial charge in [0.15, 0.2) is 0 Å². The summed E-state index contributed by atoms with van der Waals surface area (Å²) in [5.41, 5.74) is 2.59. The molecule has 0 aliphatic carbocycles. The van der Waals surface area contributed by atoms with Crippen molar-refractivity contribution in [2.75, 3.05) is 7.05 Å². The third-order valence-corrected chi connectivity index (χ3v) is 4.83. The number of aromatic amines is 1. The van der Waals surface area contributed by atoms with Crippen LogP contribution in [-0.4, -0.2) is 27.8 Å². The van der Waals surface area contributed by atoms with Crippen LogP contribution in [0.3, 0.4) is 0 Å². The highest BCUT2D eigenvalue weighted by Gasteiger charge is 2.21. The van der Waals surface area contributed by atoms with Gasteiger partial charge in [0.05, 0.1) is 6.04 Å². The van der Waals surface area contributed by atoms with Crippen LogP contribution < -0.4 is 0 Å². The molecule has 0 aliphatic rings. The molecule has 1 unspecified atom stereocenters. The van der Waals surface area contributed by atoms with E-state index >= 15 is 0 Å². The zero-order valence-electron chi connectivity index (χ0n) is 14.2. The van der Waals surface area contributed by atoms with E-state index in [-0.39, 0.29) is 11.9 Å². The van der Waals surface area contributed by atoms with Crippen LogP contribution in [0.15, 0.2) is 67.0 Å². The first-order valence-electron chi connectivity index (χ1n) is 8.32. The third kappa shape index (κ3) is 2.66. The molecular weight excluding hydrogens is 310 g/mol. The quantitative estimate of drug-likeness (QED) is 0.599. The van der Waals surface area contributed by atoms with E-state index in [0.29, 0.717) is 5.69 Å². The lowest BCUT2D eigenvalue weighted by Gasteiger charge is -2.24. The fourth-order valence-corrected chi connectivity index (χ4v) is 3.21. The number of pyridine rings is 1. The van der Waals surface area contributed by atoms with Gasteiger partial charge in [-0.3, -0.25) is 9.78 Å². The highest BCUT2D eigenvalue weighted by molar-refractivity contribution is 6.09. The first kappa shape index (κ1) is 15.4. The molecule has 2 aromatic carbocycles. The third-order valence-electron chi connectivity index (χ3n) is 4.83. The molecule has 0 radical (unpaired) electrons. The second kappa shape index (κ2) is 6.06. The minimum Gasteiger partial charge on any atom is -0.351 e. The van der Waals surface area contributed by atoms with Crippen molar-refractivity contribution in [3.05, 3.63) is 78.2 Å². The van der Waals surface area contributed by atoms with Gasteiger partial charge in [0.25, 0.3) is 5.91 Å². The van der Waals surface area contributed by atoms with Crippen molar-refractivity contribution in [3.8, 4) is 0 Å². The number of aromatic nitrogens is 2. The summed E-state index contributed by atoms with van der Waals surface area (Å²) in [5, 5.41) is 3.40. The van der Waals surface area contributed by atoms with Crippen molar-refractivity contribution in [1.29, 1.82) is 0 Å². The summed E-state index contributed by atoms with van der Waals surface area (Å²) in [5.74, 6) is -0.0309. The lowest BCUT2D eigenvalue weighted by Crippen LogP contribution is -2.29. The van der Waals surface area contributed by atoms with E-state index < -0.39 is 0 Å². The number of rotatable bonds is 3. The maximum absolute atomic E-state index is 12.9. The second-order valence-electron chi connectivity index (χ2n) is 6.31. The Hall–Kier alpha value is -3.14. The summed E-state index contributed by atoms with van der Waals surface area (Å²) in [6, 6.07) is 18.1. The van der Waals surface area contributed by atoms with E-state index in [4.69, 9.17) is 0 Å². The van der Waals surface area contributed by atoms with Crippen molar-refractivity contribution in [1.82, 2.24) is 14.9 Å². The van der Waals surface area contributed by atoms with Crippen LogP contribution in [0.1, 0.15) is 29.0 Å². The number of amides is 1. The van der Waals surface area contributed by atoms with Crippen LogP contribution in [-0.2, 0) is 0 Å². The molecule has 4 heteroatoms. The number of benzene rings is 2. The number of nitrogens with zero attached hydrogens (tertiary/aromatic N) is 2. The summed E-state index contributed by atoms with van der Waals surface area (Å²) in [7, 11) is 1.82. The second-order valence-corrected chi connectivity index (χ2v) is 6.31. The summed E-state index contributed by atoms with van der Waals surface area (Å²) >= 11 is 0. The van der Waals surface area contributed by atoms with Gasteiger partial charge in [0, 0.05) is 30.3 Å². The van der Waals surface area contributed by atoms with E-state index in [1.54, 1.807) is 17.3 Å². The van der Waals surface area contributed by atoms with Crippen LogP contribution in [0.5, 0.6) is 0 Å². The minimum absolute atomic E-state index is 0.0309. The largest absolute Gasteiger partial charge is 0.351 e. The Labute approximate surface area is 146 Å². The standard InChI is InChI=1S/C21H19N3O/c1-14(16-7-5-11-22-13-16)24(2)21(25)20-12-18-17-8-4-3-6-15(17)9-10-19(18)23-20/h3-14,23H,1-2H3. The summed E-state index contributed by atoms with van der Waals surface area (Å²) < 4.78 is 0. The zero-order chi connectivity index (χ0) is 17.4. The number of hydrogen-bond donors (Lipinski definition) is 1. The number of hydrogen-bond acceptors (Lipinski definition) is 2. The van der Waals surface area contributed by atoms with Gasteiger partial charge in [0.2, 0.25) is 0 Å². The van der Waals surface area contributed by atoms with E-state index in [2.05, 4.69) is 28.2 Å². The van der Waals surface area contributed by atoms with Crippen LogP contribution >= 0.6 is 0 Å². The Bertz CT molecular complexity index is 1050. The van der Waals surface area contributed by atoms with Crippen LogP contribution in [0, 0.1) is 0 Å². The molecule has 1 atom stereocenters. The molecule has 0 fully saturated rings. The van der Waals surface area contributed by atoms with Crippen molar-refractivity contribution in [2.24, 2.45) is 0 Å². The molecule has 4 nitrogen and oxygen atoms in total. The fraction of sp³-hybridized carbons (Fsp3) is 0.143. The molecule has 0 aliphatic heterocycles. The number of nitrogens with one attached hydrogen (secondary N) is 1. The number of fused-ring (bicyclic) bond motifs is 3. The SMILES string of the molecule is CC(c1cccnc1)N(C)C(=O)c1cc2c(ccc3ccccc32)[nH]1. The van der Waals surface area contributed by atoms with Crippen LogP contribution in [0.2, 0.25) is 0 Å². The Balaban J connectivity index is 1.71. The van der Waals surface area contributed by atoms with Gasteiger partial charge in [-0.05, 0) is 41.5 Å². The number of H-pyrrole nitrogens is 1. The lowest BCUT2D eigenvalue weighted by molar-refractivity contribution is 0.0737. The van der Waals surface area contributed by atoms with Gasteiger partial charge in [-0.1, -0.05) is 36.4 Å². The van der Waals surface area contributed by atoms with Gasteiger partial charge in [-0.25, -0.2) is 0 Å². The Morgan fingerprint density at radius 2 is 1.92 bits per heavy atom. The summed E-state index contributed by atoms with van der Waals surface area (Å²) in [6.07, 6.45) is 3.54. The molecular formula is C21H19N3O. The Kier molecular flexibility index (Phi) is 3.73. The van der Waals surface area contributed by atoms with Gasteiger partial charge in [-0.15, -0.1) is 0 Å². The molecule has 25 heavy (non-hydrogen) atoms. The van der Waals surface area contributed by atoms with Gasteiger partial charge in [0.1, 0.15) is 5.69 Å². The molecule has 0 saturated heterocycles. The molecule has 124 valence electrons. The first-order valence-corrected chi connectivity index (χ1v) is 8.32. The van der Waals surface area contributed by atoms with Gasteiger partial charge < -0.3 is 9.88 Å². The average molecular weight is 329 g/mol. The van der Waals surface area contributed by atoms with E-state index in [0.717, 1.165) is 21.9 Å².